The van der Waals surface area contributed by atoms with Crippen LogP contribution < -0.4 is 10.6 Å². The standard InChI is InChI=1S/C14H19FN2O2/c1-9-5-4-6-12(10(9)2)14(19)17-11(3)13(18)16-8-7-15/h4-6,11H,7-8H2,1-3H3,(H,16,18)(H,17,19)/t11-/m1/s1. The zero-order valence-corrected chi connectivity index (χ0v) is 11.4. The molecule has 0 aliphatic rings. The van der Waals surface area contributed by atoms with Crippen molar-refractivity contribution >= 4 is 11.8 Å². The fourth-order valence-electron chi connectivity index (χ4n) is 1.66. The fraction of sp³-hybridized carbons (Fsp3) is 0.429. The number of nitrogens with one attached hydrogen (secondary N) is 2. The van der Waals surface area contributed by atoms with Gasteiger partial charge in [-0.25, -0.2) is 4.39 Å². The maximum atomic E-state index is 12.0. The maximum Gasteiger partial charge on any atom is 0.252 e. The molecule has 0 heterocycles. The van der Waals surface area contributed by atoms with E-state index in [0.29, 0.717) is 5.56 Å². The Balaban J connectivity index is 2.69. The normalized spacial score (nSPS) is 11.8. The van der Waals surface area contributed by atoms with E-state index in [-0.39, 0.29) is 12.5 Å². The number of halogens is 1. The molecule has 104 valence electrons. The number of amides is 2. The minimum Gasteiger partial charge on any atom is -0.352 e. The molecule has 1 aromatic carbocycles. The zero-order chi connectivity index (χ0) is 14.4. The molecule has 0 spiro atoms. The highest BCUT2D eigenvalue weighted by Gasteiger charge is 2.17. The maximum absolute atomic E-state index is 12.0. The second-order valence-corrected chi connectivity index (χ2v) is 4.42. The van der Waals surface area contributed by atoms with Crippen LogP contribution in [0.3, 0.4) is 0 Å². The molecule has 1 rings (SSSR count). The molecule has 0 saturated carbocycles. The Bertz CT molecular complexity index is 475. The van der Waals surface area contributed by atoms with Gasteiger partial charge in [0.25, 0.3) is 5.91 Å². The number of hydrogen-bond donors (Lipinski definition) is 2. The van der Waals surface area contributed by atoms with Crippen molar-refractivity contribution in [2.24, 2.45) is 0 Å². The number of carbonyl (C=O) groups is 2. The average molecular weight is 266 g/mol. The Hall–Kier alpha value is -1.91. The van der Waals surface area contributed by atoms with E-state index in [1.807, 2.05) is 19.9 Å². The molecule has 0 bridgehead atoms. The topological polar surface area (TPSA) is 58.2 Å². The summed E-state index contributed by atoms with van der Waals surface area (Å²) in [4.78, 5) is 23.6. The Labute approximate surface area is 112 Å². The molecule has 0 unspecified atom stereocenters. The van der Waals surface area contributed by atoms with Crippen molar-refractivity contribution in [2.75, 3.05) is 13.2 Å². The number of carbonyl (C=O) groups excluding carboxylic acids is 2. The molecule has 0 aromatic heterocycles. The Morgan fingerprint density at radius 2 is 2.00 bits per heavy atom. The third kappa shape index (κ3) is 4.05. The van der Waals surface area contributed by atoms with E-state index in [9.17, 15) is 14.0 Å². The van der Waals surface area contributed by atoms with Gasteiger partial charge >= 0.3 is 0 Å². The molecule has 1 aromatic rings. The van der Waals surface area contributed by atoms with Crippen molar-refractivity contribution < 1.29 is 14.0 Å². The van der Waals surface area contributed by atoms with Crippen LogP contribution in [0, 0.1) is 13.8 Å². The molecule has 2 amide bonds. The minimum atomic E-state index is -0.695. The van der Waals surface area contributed by atoms with Crippen molar-refractivity contribution in [3.63, 3.8) is 0 Å². The molecule has 4 nitrogen and oxygen atoms in total. The highest BCUT2D eigenvalue weighted by atomic mass is 19.1. The lowest BCUT2D eigenvalue weighted by Gasteiger charge is -2.15. The summed E-state index contributed by atoms with van der Waals surface area (Å²) in [5, 5.41) is 4.99. The Kier molecular flexibility index (Phi) is 5.48. The zero-order valence-electron chi connectivity index (χ0n) is 11.4. The van der Waals surface area contributed by atoms with Gasteiger partial charge in [-0.05, 0) is 38.0 Å². The molecule has 0 radical (unpaired) electrons. The van der Waals surface area contributed by atoms with Crippen LogP contribution in [0.5, 0.6) is 0 Å². The van der Waals surface area contributed by atoms with Gasteiger partial charge in [0.15, 0.2) is 0 Å². The summed E-state index contributed by atoms with van der Waals surface area (Å²) in [6, 6.07) is 4.73. The van der Waals surface area contributed by atoms with Crippen LogP contribution in [0.2, 0.25) is 0 Å². The van der Waals surface area contributed by atoms with Crippen molar-refractivity contribution in [1.82, 2.24) is 10.6 Å². The van der Waals surface area contributed by atoms with Crippen LogP contribution >= 0.6 is 0 Å². The lowest BCUT2D eigenvalue weighted by Crippen LogP contribution is -2.45. The molecule has 19 heavy (non-hydrogen) atoms. The summed E-state index contributed by atoms with van der Waals surface area (Å²) < 4.78 is 11.9. The fourth-order valence-corrected chi connectivity index (χ4v) is 1.66. The minimum absolute atomic E-state index is 0.0392. The Morgan fingerprint density at radius 1 is 1.32 bits per heavy atom. The van der Waals surface area contributed by atoms with Gasteiger partial charge in [0.1, 0.15) is 12.7 Å². The van der Waals surface area contributed by atoms with Crippen molar-refractivity contribution in [1.29, 1.82) is 0 Å². The largest absolute Gasteiger partial charge is 0.352 e. The van der Waals surface area contributed by atoms with Gasteiger partial charge in [-0.1, -0.05) is 12.1 Å². The smallest absolute Gasteiger partial charge is 0.252 e. The molecule has 0 fully saturated rings. The van der Waals surface area contributed by atoms with Crippen LogP contribution in [-0.2, 0) is 4.79 Å². The summed E-state index contributed by atoms with van der Waals surface area (Å²) in [5.74, 6) is -0.694. The van der Waals surface area contributed by atoms with Crippen molar-refractivity contribution in [3.05, 3.63) is 34.9 Å². The first-order chi connectivity index (χ1) is 8.97. The van der Waals surface area contributed by atoms with Crippen LogP contribution in [-0.4, -0.2) is 31.1 Å². The summed E-state index contributed by atoms with van der Waals surface area (Å²) in [5.41, 5.74) is 2.45. The second kappa shape index (κ2) is 6.87. The molecule has 0 aliphatic carbocycles. The van der Waals surface area contributed by atoms with E-state index in [4.69, 9.17) is 0 Å². The van der Waals surface area contributed by atoms with Gasteiger partial charge in [0.2, 0.25) is 5.91 Å². The predicted octanol–water partition coefficient (Wildman–Crippen LogP) is 1.51. The van der Waals surface area contributed by atoms with Crippen LogP contribution in [0.25, 0.3) is 0 Å². The molecule has 5 heteroatoms. The SMILES string of the molecule is Cc1cccc(C(=O)N[C@H](C)C(=O)NCCF)c1C. The van der Waals surface area contributed by atoms with Gasteiger partial charge in [0, 0.05) is 12.1 Å². The number of rotatable bonds is 5. The van der Waals surface area contributed by atoms with Crippen LogP contribution in [0.1, 0.15) is 28.4 Å². The van der Waals surface area contributed by atoms with Crippen LogP contribution in [0.4, 0.5) is 4.39 Å². The summed E-state index contributed by atoms with van der Waals surface area (Å²) in [7, 11) is 0. The van der Waals surface area contributed by atoms with E-state index >= 15 is 0 Å². The summed E-state index contributed by atoms with van der Waals surface area (Å²) in [6.45, 7) is 4.68. The lowest BCUT2D eigenvalue weighted by molar-refractivity contribution is -0.122. The number of alkyl halides is 1. The first-order valence-electron chi connectivity index (χ1n) is 6.18. The first kappa shape index (κ1) is 15.1. The second-order valence-electron chi connectivity index (χ2n) is 4.42. The van der Waals surface area contributed by atoms with Gasteiger partial charge < -0.3 is 10.6 Å². The number of aryl methyl sites for hydroxylation is 1. The highest BCUT2D eigenvalue weighted by molar-refractivity contribution is 5.98. The van der Waals surface area contributed by atoms with Gasteiger partial charge in [-0.2, -0.15) is 0 Å². The molecular weight excluding hydrogens is 247 g/mol. The Morgan fingerprint density at radius 3 is 2.63 bits per heavy atom. The monoisotopic (exact) mass is 266 g/mol. The lowest BCUT2D eigenvalue weighted by atomic mass is 10.0. The van der Waals surface area contributed by atoms with E-state index in [1.165, 1.54) is 0 Å². The summed E-state index contributed by atoms with van der Waals surface area (Å²) >= 11 is 0. The molecule has 1 atom stereocenters. The quantitative estimate of drug-likeness (QED) is 0.848. The molecular formula is C14H19FN2O2. The van der Waals surface area contributed by atoms with Gasteiger partial charge in [-0.3, -0.25) is 9.59 Å². The average Bonchev–Trinajstić information content (AvgIpc) is 2.38. The molecule has 2 N–H and O–H groups in total. The van der Waals surface area contributed by atoms with E-state index in [0.717, 1.165) is 11.1 Å². The van der Waals surface area contributed by atoms with E-state index in [1.54, 1.807) is 19.1 Å². The van der Waals surface area contributed by atoms with E-state index in [2.05, 4.69) is 10.6 Å². The van der Waals surface area contributed by atoms with Crippen molar-refractivity contribution in [3.8, 4) is 0 Å². The van der Waals surface area contributed by atoms with Gasteiger partial charge in [-0.15, -0.1) is 0 Å². The summed E-state index contributed by atoms with van der Waals surface area (Å²) in [6.07, 6.45) is 0. The third-order valence-corrected chi connectivity index (χ3v) is 2.98. The third-order valence-electron chi connectivity index (χ3n) is 2.98. The number of benzene rings is 1. The van der Waals surface area contributed by atoms with Crippen LogP contribution in [0.15, 0.2) is 18.2 Å². The molecule has 0 saturated heterocycles. The van der Waals surface area contributed by atoms with E-state index < -0.39 is 18.6 Å². The van der Waals surface area contributed by atoms with Gasteiger partial charge in [0.05, 0.1) is 0 Å². The predicted molar refractivity (Wildman–Crippen MR) is 71.8 cm³/mol. The van der Waals surface area contributed by atoms with Crippen molar-refractivity contribution in [2.45, 2.75) is 26.8 Å². The highest BCUT2D eigenvalue weighted by Crippen LogP contribution is 2.12. The molecule has 0 aliphatic heterocycles. The first-order valence-corrected chi connectivity index (χ1v) is 6.18. The number of hydrogen-bond acceptors (Lipinski definition) is 2.